The molecule has 340 valence electrons. The number of aliphatic imine (C=N–C) groups is 4. The van der Waals surface area contributed by atoms with Crippen LogP contribution in [0, 0.1) is 0 Å². The largest absolute Gasteiger partial charge is 2.00 e. The van der Waals surface area contributed by atoms with Crippen LogP contribution in [0.5, 0.6) is 23.0 Å². The molecule has 0 N–H and O–H groups in total. The summed E-state index contributed by atoms with van der Waals surface area (Å²) in [6.07, 6.45) is 0. The number of nitrogens with zero attached hydrogens (tertiary/aromatic N) is 4. The summed E-state index contributed by atoms with van der Waals surface area (Å²) in [6, 6.07) is 27.1. The smallest absolute Gasteiger partial charge is 0.216 e. The first-order chi connectivity index (χ1) is 26.3. The number of hydrogen-bond donors (Lipinski definition) is 0. The average molecular weight is 1020 g/mol. The normalized spacial score (nSPS) is 17.0. The number of hydrogen-bond acceptors (Lipinski definition) is 12. The number of benzene rings is 4. The first-order valence-electron chi connectivity index (χ1n) is 18.3. The molecule has 0 unspecified atom stereocenters. The van der Waals surface area contributed by atoms with Crippen LogP contribution in [0.3, 0.4) is 0 Å². The van der Waals surface area contributed by atoms with Gasteiger partial charge < -0.3 is 61.3 Å². The standard InChI is InChI=1S/4C11H13NO2.2Mo.4O/c4*1-11(2)7-14-10(12-11)8-5-3-4-6-9(8)13;;;;;;/h4*3-6,13H,7H2,1-2H3;;;;;;/q;;;;;;4*-2/p-4. The van der Waals surface area contributed by atoms with E-state index >= 15 is 0 Å². The van der Waals surface area contributed by atoms with Crippen molar-refractivity contribution in [2.75, 3.05) is 26.4 Å². The Balaban J connectivity index is 0. The van der Waals surface area contributed by atoms with E-state index in [9.17, 15) is 20.4 Å². The zero-order valence-corrected chi connectivity index (χ0v) is 39.6. The fraction of sp³-hybridized carbons (Fsp3) is 0.364. The van der Waals surface area contributed by atoms with E-state index in [0.717, 1.165) is 0 Å². The minimum absolute atomic E-state index is 0. The molecule has 0 radical (unpaired) electrons. The fourth-order valence-corrected chi connectivity index (χ4v) is 5.46. The topological polar surface area (TPSA) is 293 Å². The SMILES string of the molecule is CC1(C)COC(c2ccccc2[O-])=N1.CC1(C)COC(c2ccccc2[O-])=N1.CC1(C)COC(c2ccccc2[O-])=N1.CC1(C)COC(c2ccccc2[O-])=N1.[Mo].[Mo].[O-2].[O-2].[O-2].[O-2]. The van der Waals surface area contributed by atoms with Gasteiger partial charge in [-0.15, -0.1) is 0 Å². The molecule has 0 spiro atoms. The van der Waals surface area contributed by atoms with Crippen LogP contribution < -0.4 is 20.4 Å². The molecule has 4 aromatic rings. The Kier molecular flexibility index (Phi) is 23.6. The van der Waals surface area contributed by atoms with E-state index < -0.39 is 0 Å². The Morgan fingerprint density at radius 3 is 0.629 bits per heavy atom. The van der Waals surface area contributed by atoms with E-state index in [2.05, 4.69) is 20.0 Å². The third-order valence-electron chi connectivity index (χ3n) is 8.34. The Hall–Kier alpha value is -4.82. The minimum atomic E-state index is -0.211. The van der Waals surface area contributed by atoms with Gasteiger partial charge in [0.15, 0.2) is 0 Å². The molecule has 4 heterocycles. The Labute approximate surface area is 391 Å². The molecular weight excluding hydrogens is 968 g/mol. The summed E-state index contributed by atoms with van der Waals surface area (Å²) in [6.45, 7) is 18.0. The molecule has 0 saturated heterocycles. The van der Waals surface area contributed by atoms with Gasteiger partial charge >= 0.3 is 0 Å². The van der Waals surface area contributed by atoms with Gasteiger partial charge in [-0.1, -0.05) is 120 Å². The Morgan fingerprint density at radius 2 is 0.500 bits per heavy atom. The zero-order valence-electron chi connectivity index (χ0n) is 35.6. The van der Waals surface area contributed by atoms with Gasteiger partial charge in [0.25, 0.3) is 0 Å². The molecule has 0 atom stereocenters. The maximum Gasteiger partial charge on any atom is 0.216 e. The molecule has 0 saturated carbocycles. The fourth-order valence-electron chi connectivity index (χ4n) is 5.46. The first kappa shape index (κ1) is 59.3. The van der Waals surface area contributed by atoms with E-state index in [1.807, 2.05) is 79.7 Å². The van der Waals surface area contributed by atoms with Crippen molar-refractivity contribution < 1.29 is 103 Å². The van der Waals surface area contributed by atoms with Crippen LogP contribution in [-0.2, 0) is 83.0 Å². The number of para-hydroxylation sites is 4. The van der Waals surface area contributed by atoms with Gasteiger partial charge in [0, 0.05) is 64.4 Å². The van der Waals surface area contributed by atoms with Crippen molar-refractivity contribution in [1.29, 1.82) is 0 Å². The molecule has 18 heteroatoms. The van der Waals surface area contributed by atoms with E-state index in [1.165, 1.54) is 24.3 Å². The van der Waals surface area contributed by atoms with Gasteiger partial charge in [0.2, 0.25) is 23.6 Å². The van der Waals surface area contributed by atoms with Crippen LogP contribution in [0.2, 0.25) is 0 Å². The summed E-state index contributed by atoms with van der Waals surface area (Å²) in [5.74, 6) is 1.74. The van der Waals surface area contributed by atoms with E-state index in [1.54, 1.807) is 48.5 Å². The molecule has 4 aromatic carbocycles. The summed E-state index contributed by atoms with van der Waals surface area (Å²) in [7, 11) is 0. The second kappa shape index (κ2) is 24.7. The van der Waals surface area contributed by atoms with Crippen LogP contribution in [0.15, 0.2) is 117 Å². The van der Waals surface area contributed by atoms with Crippen LogP contribution >= 0.6 is 0 Å². The maximum absolute atomic E-state index is 11.5. The molecule has 0 aromatic heterocycles. The number of ether oxygens (including phenoxy) is 4. The quantitative estimate of drug-likeness (QED) is 0.256. The van der Waals surface area contributed by atoms with Gasteiger partial charge in [-0.2, -0.15) is 0 Å². The molecular formula is C44H48Mo2N4O12-12. The van der Waals surface area contributed by atoms with Crippen molar-refractivity contribution in [3.8, 4) is 23.0 Å². The zero-order chi connectivity index (χ0) is 40.7. The van der Waals surface area contributed by atoms with Crippen molar-refractivity contribution in [3.63, 3.8) is 0 Å². The van der Waals surface area contributed by atoms with Crippen molar-refractivity contribution >= 4 is 23.6 Å². The predicted octanol–water partition coefficient (Wildman–Crippen LogP) is 4.78. The van der Waals surface area contributed by atoms with E-state index in [4.69, 9.17) is 18.9 Å². The minimum Gasteiger partial charge on any atom is -2.00 e. The molecule has 4 aliphatic rings. The Bertz CT molecular complexity index is 1860. The van der Waals surface area contributed by atoms with Gasteiger partial charge in [0.05, 0.1) is 22.2 Å². The third kappa shape index (κ3) is 16.5. The van der Waals surface area contributed by atoms with Crippen molar-refractivity contribution in [3.05, 3.63) is 119 Å². The molecule has 16 nitrogen and oxygen atoms in total. The summed E-state index contributed by atoms with van der Waals surface area (Å²) in [5.41, 5.74) is 1.37. The van der Waals surface area contributed by atoms with Gasteiger partial charge in [-0.05, 0) is 55.4 Å². The van der Waals surface area contributed by atoms with Crippen LogP contribution in [-0.4, -0.2) is 72.2 Å². The van der Waals surface area contributed by atoms with Crippen molar-refractivity contribution in [2.24, 2.45) is 20.0 Å². The van der Waals surface area contributed by atoms with Gasteiger partial charge in [-0.25, -0.2) is 20.0 Å². The van der Waals surface area contributed by atoms with Crippen LogP contribution in [0.4, 0.5) is 0 Å². The second-order valence-electron chi connectivity index (χ2n) is 16.1. The maximum atomic E-state index is 11.5. The summed E-state index contributed by atoms with van der Waals surface area (Å²) < 4.78 is 21.5. The molecule has 0 aliphatic carbocycles. The molecule has 0 bridgehead atoms. The van der Waals surface area contributed by atoms with Crippen LogP contribution in [0.25, 0.3) is 0 Å². The van der Waals surface area contributed by atoms with E-state index in [0.29, 0.717) is 72.3 Å². The summed E-state index contributed by atoms with van der Waals surface area (Å²) in [4.78, 5) is 17.4. The number of rotatable bonds is 4. The molecule has 0 fully saturated rings. The van der Waals surface area contributed by atoms with Gasteiger partial charge in [0.1, 0.15) is 26.4 Å². The van der Waals surface area contributed by atoms with Crippen molar-refractivity contribution in [2.45, 2.75) is 77.5 Å². The molecule has 0 amide bonds. The molecule has 8 rings (SSSR count). The first-order valence-corrected chi connectivity index (χ1v) is 18.3. The summed E-state index contributed by atoms with van der Waals surface area (Å²) in [5, 5.41) is 45.8. The third-order valence-corrected chi connectivity index (χ3v) is 8.34. The van der Waals surface area contributed by atoms with E-state index in [-0.39, 0.29) is 109 Å². The average Bonchev–Trinajstić information content (AvgIpc) is 3.90. The monoisotopic (exact) mass is 1020 g/mol. The van der Waals surface area contributed by atoms with Crippen molar-refractivity contribution in [1.82, 2.24) is 0 Å². The Morgan fingerprint density at radius 1 is 0.339 bits per heavy atom. The van der Waals surface area contributed by atoms with Crippen LogP contribution in [0.1, 0.15) is 77.6 Å². The van der Waals surface area contributed by atoms with Gasteiger partial charge in [-0.3, -0.25) is 0 Å². The molecule has 62 heavy (non-hydrogen) atoms. The summed E-state index contributed by atoms with van der Waals surface area (Å²) >= 11 is 0. The predicted molar refractivity (Wildman–Crippen MR) is 213 cm³/mol. The molecule has 4 aliphatic heterocycles. The second-order valence-corrected chi connectivity index (χ2v) is 16.1.